The van der Waals surface area contributed by atoms with Gasteiger partial charge < -0.3 is 10.1 Å². The molecule has 1 aromatic carbocycles. The van der Waals surface area contributed by atoms with Gasteiger partial charge in [-0.15, -0.1) is 0 Å². The van der Waals surface area contributed by atoms with Crippen molar-refractivity contribution in [3.8, 4) is 5.75 Å². The van der Waals surface area contributed by atoms with E-state index in [9.17, 15) is 4.79 Å². The molecule has 0 aliphatic heterocycles. The van der Waals surface area contributed by atoms with Gasteiger partial charge in [-0.3, -0.25) is 9.48 Å². The lowest BCUT2D eigenvalue weighted by molar-refractivity contribution is -0.123. The minimum Gasteiger partial charge on any atom is -0.484 e. The van der Waals surface area contributed by atoms with Gasteiger partial charge in [0.05, 0.1) is 12.2 Å². The van der Waals surface area contributed by atoms with Crippen LogP contribution in [0.1, 0.15) is 54.5 Å². The third kappa shape index (κ3) is 4.21. The first-order valence-electron chi connectivity index (χ1n) is 9.23. The van der Waals surface area contributed by atoms with Gasteiger partial charge in [0.2, 0.25) is 0 Å². The molecule has 2 aliphatic carbocycles. The van der Waals surface area contributed by atoms with Crippen molar-refractivity contribution in [3.05, 3.63) is 47.3 Å². The van der Waals surface area contributed by atoms with Crippen LogP contribution in [0.5, 0.6) is 5.75 Å². The lowest BCUT2D eigenvalue weighted by Gasteiger charge is -2.09. The van der Waals surface area contributed by atoms with Gasteiger partial charge >= 0.3 is 0 Å². The maximum Gasteiger partial charge on any atom is 0.258 e. The zero-order valence-corrected chi connectivity index (χ0v) is 14.7. The number of benzene rings is 1. The fourth-order valence-corrected chi connectivity index (χ4v) is 3.12. The molecule has 0 unspecified atom stereocenters. The maximum atomic E-state index is 12.0. The summed E-state index contributed by atoms with van der Waals surface area (Å²) in [5.74, 6) is 1.99. The monoisotopic (exact) mass is 339 g/mol. The molecule has 4 rings (SSSR count). The quantitative estimate of drug-likeness (QED) is 0.804. The number of aryl methyl sites for hydroxylation is 1. The van der Waals surface area contributed by atoms with Crippen LogP contribution >= 0.6 is 0 Å². The third-order valence-corrected chi connectivity index (χ3v) is 4.83. The van der Waals surface area contributed by atoms with Crippen LogP contribution in [0.2, 0.25) is 0 Å². The Hall–Kier alpha value is -2.30. The fourth-order valence-electron chi connectivity index (χ4n) is 3.12. The maximum absolute atomic E-state index is 12.0. The molecule has 2 aromatic rings. The van der Waals surface area contributed by atoms with Gasteiger partial charge in [-0.2, -0.15) is 5.10 Å². The zero-order valence-electron chi connectivity index (χ0n) is 14.7. The Morgan fingerprint density at radius 3 is 2.76 bits per heavy atom. The van der Waals surface area contributed by atoms with Gasteiger partial charge in [0.25, 0.3) is 5.91 Å². The summed E-state index contributed by atoms with van der Waals surface area (Å²) in [6, 6.07) is 10.0. The number of rotatable bonds is 8. The lowest BCUT2D eigenvalue weighted by atomic mass is 10.2. The van der Waals surface area contributed by atoms with Crippen molar-refractivity contribution in [1.82, 2.24) is 15.1 Å². The summed E-state index contributed by atoms with van der Waals surface area (Å²) in [5.41, 5.74) is 3.72. The Morgan fingerprint density at radius 1 is 1.24 bits per heavy atom. The van der Waals surface area contributed by atoms with E-state index in [1.54, 1.807) is 0 Å². The number of aromatic nitrogens is 2. The molecule has 1 heterocycles. The highest BCUT2D eigenvalue weighted by Gasteiger charge is 2.32. The molecule has 5 heteroatoms. The topological polar surface area (TPSA) is 56.1 Å². The molecule has 2 aliphatic rings. The Balaban J connectivity index is 1.25. The summed E-state index contributed by atoms with van der Waals surface area (Å²) >= 11 is 0. The molecule has 25 heavy (non-hydrogen) atoms. The second kappa shape index (κ2) is 6.90. The predicted molar refractivity (Wildman–Crippen MR) is 95.9 cm³/mol. The summed E-state index contributed by atoms with van der Waals surface area (Å²) in [6.45, 7) is 3.37. The summed E-state index contributed by atoms with van der Waals surface area (Å²) in [7, 11) is 0. The van der Waals surface area contributed by atoms with Crippen LogP contribution in [-0.4, -0.2) is 28.8 Å². The standard InChI is InChI=1S/C20H25N3O2/c1-14-3-2-4-17(11-14)25-13-20(24)21-9-10-23-19(16-7-8-16)12-18(22-23)15-5-6-15/h2-4,11-12,15-16H,5-10,13H2,1H3,(H,21,24). The lowest BCUT2D eigenvalue weighted by Crippen LogP contribution is -2.32. The van der Waals surface area contributed by atoms with E-state index in [1.165, 1.54) is 37.1 Å². The average molecular weight is 339 g/mol. The minimum atomic E-state index is -0.0935. The van der Waals surface area contributed by atoms with E-state index in [0.29, 0.717) is 18.4 Å². The van der Waals surface area contributed by atoms with Crippen LogP contribution in [0, 0.1) is 6.92 Å². The smallest absolute Gasteiger partial charge is 0.258 e. The summed E-state index contributed by atoms with van der Waals surface area (Å²) in [6.07, 6.45) is 5.08. The van der Waals surface area contributed by atoms with E-state index < -0.39 is 0 Å². The first kappa shape index (κ1) is 16.2. The fraction of sp³-hybridized carbons (Fsp3) is 0.500. The summed E-state index contributed by atoms with van der Waals surface area (Å²) in [4.78, 5) is 12.0. The van der Waals surface area contributed by atoms with E-state index in [1.807, 2.05) is 31.2 Å². The third-order valence-electron chi connectivity index (χ3n) is 4.83. The molecule has 2 fully saturated rings. The number of ether oxygens (including phenoxy) is 1. The Bertz CT molecular complexity index is 760. The molecular formula is C20H25N3O2. The van der Waals surface area contributed by atoms with Crippen molar-refractivity contribution in [2.45, 2.75) is 51.0 Å². The Kier molecular flexibility index (Phi) is 4.47. The first-order chi connectivity index (χ1) is 12.2. The highest BCUT2D eigenvalue weighted by Crippen LogP contribution is 2.44. The van der Waals surface area contributed by atoms with Gasteiger partial charge in [0.15, 0.2) is 6.61 Å². The van der Waals surface area contributed by atoms with Crippen LogP contribution < -0.4 is 10.1 Å². The second-order valence-electron chi connectivity index (χ2n) is 7.22. The van der Waals surface area contributed by atoms with Crippen molar-refractivity contribution in [2.24, 2.45) is 0 Å². The van der Waals surface area contributed by atoms with Gasteiger partial charge in [-0.05, 0) is 56.4 Å². The SMILES string of the molecule is Cc1cccc(OCC(=O)NCCn2nc(C3CC3)cc2C2CC2)c1. The first-order valence-corrected chi connectivity index (χ1v) is 9.23. The van der Waals surface area contributed by atoms with Crippen molar-refractivity contribution >= 4 is 5.91 Å². The van der Waals surface area contributed by atoms with Gasteiger partial charge in [0, 0.05) is 24.1 Å². The highest BCUT2D eigenvalue weighted by molar-refractivity contribution is 5.77. The Morgan fingerprint density at radius 2 is 2.04 bits per heavy atom. The molecule has 2 saturated carbocycles. The highest BCUT2D eigenvalue weighted by atomic mass is 16.5. The van der Waals surface area contributed by atoms with Crippen molar-refractivity contribution in [3.63, 3.8) is 0 Å². The van der Waals surface area contributed by atoms with Gasteiger partial charge in [-0.25, -0.2) is 0 Å². The van der Waals surface area contributed by atoms with E-state index in [-0.39, 0.29) is 12.5 Å². The largest absolute Gasteiger partial charge is 0.484 e. The molecule has 0 radical (unpaired) electrons. The second-order valence-corrected chi connectivity index (χ2v) is 7.22. The van der Waals surface area contributed by atoms with Crippen LogP contribution in [0.15, 0.2) is 30.3 Å². The minimum absolute atomic E-state index is 0.0470. The number of nitrogens with one attached hydrogen (secondary N) is 1. The molecule has 0 saturated heterocycles. The van der Waals surface area contributed by atoms with E-state index >= 15 is 0 Å². The van der Waals surface area contributed by atoms with E-state index in [2.05, 4.69) is 16.1 Å². The number of nitrogens with zero attached hydrogens (tertiary/aromatic N) is 2. The number of carbonyl (C=O) groups is 1. The average Bonchev–Trinajstić information content (AvgIpc) is 3.52. The predicted octanol–water partition coefficient (Wildman–Crippen LogP) is 3.14. The normalized spacial score (nSPS) is 16.7. The van der Waals surface area contributed by atoms with Gasteiger partial charge in [-0.1, -0.05) is 12.1 Å². The summed E-state index contributed by atoms with van der Waals surface area (Å²) < 4.78 is 7.64. The van der Waals surface area contributed by atoms with E-state index in [4.69, 9.17) is 9.84 Å². The van der Waals surface area contributed by atoms with Crippen LogP contribution in [-0.2, 0) is 11.3 Å². The zero-order chi connectivity index (χ0) is 17.2. The molecule has 0 atom stereocenters. The Labute approximate surface area is 148 Å². The number of hydrogen-bond acceptors (Lipinski definition) is 3. The molecule has 0 spiro atoms. The number of hydrogen-bond donors (Lipinski definition) is 1. The van der Waals surface area contributed by atoms with Crippen LogP contribution in [0.3, 0.4) is 0 Å². The molecule has 132 valence electrons. The van der Waals surface area contributed by atoms with Crippen LogP contribution in [0.25, 0.3) is 0 Å². The molecule has 1 aromatic heterocycles. The molecule has 5 nitrogen and oxygen atoms in total. The number of carbonyl (C=O) groups excluding carboxylic acids is 1. The van der Waals surface area contributed by atoms with Crippen molar-refractivity contribution < 1.29 is 9.53 Å². The number of amides is 1. The molecule has 1 N–H and O–H groups in total. The molecule has 0 bridgehead atoms. The molecular weight excluding hydrogens is 314 g/mol. The van der Waals surface area contributed by atoms with Gasteiger partial charge in [0.1, 0.15) is 5.75 Å². The van der Waals surface area contributed by atoms with Crippen LogP contribution in [0.4, 0.5) is 0 Å². The van der Waals surface area contributed by atoms with Crippen molar-refractivity contribution in [1.29, 1.82) is 0 Å². The summed E-state index contributed by atoms with van der Waals surface area (Å²) in [5, 5.41) is 7.70. The molecule has 1 amide bonds. The van der Waals surface area contributed by atoms with Crippen molar-refractivity contribution in [2.75, 3.05) is 13.2 Å². The van der Waals surface area contributed by atoms with E-state index in [0.717, 1.165) is 17.9 Å².